The van der Waals surface area contributed by atoms with Crippen LogP contribution in [0, 0.1) is 0 Å². The standard InChI is InChI=1S/C7H12F2N2O/c1-5(6(12)10-2)11-3-7(8,9)4-11/h5H,3-4H2,1-2H3,(H,10,12). The number of amides is 1. The lowest BCUT2D eigenvalue weighted by molar-refractivity contribution is -0.155. The Morgan fingerprint density at radius 2 is 2.08 bits per heavy atom. The molecule has 1 aliphatic rings. The van der Waals surface area contributed by atoms with Crippen LogP contribution in [0.15, 0.2) is 0 Å². The fourth-order valence-corrected chi connectivity index (χ4v) is 1.20. The number of alkyl halides is 2. The summed E-state index contributed by atoms with van der Waals surface area (Å²) in [4.78, 5) is 12.4. The summed E-state index contributed by atoms with van der Waals surface area (Å²) in [6.07, 6.45) is 0. The van der Waals surface area contributed by atoms with E-state index in [2.05, 4.69) is 5.32 Å². The van der Waals surface area contributed by atoms with E-state index in [0.717, 1.165) is 0 Å². The lowest BCUT2D eigenvalue weighted by Gasteiger charge is -2.41. The molecule has 1 N–H and O–H groups in total. The Bertz CT molecular complexity index is 188. The fraction of sp³-hybridized carbons (Fsp3) is 0.857. The summed E-state index contributed by atoms with van der Waals surface area (Å²) in [5.74, 6) is -2.81. The first kappa shape index (κ1) is 9.38. The first-order valence-electron chi connectivity index (χ1n) is 3.80. The Balaban J connectivity index is 2.38. The summed E-state index contributed by atoms with van der Waals surface area (Å²) < 4.78 is 24.7. The van der Waals surface area contributed by atoms with Crippen LogP contribution >= 0.6 is 0 Å². The van der Waals surface area contributed by atoms with Gasteiger partial charge in [-0.25, -0.2) is 8.78 Å². The van der Waals surface area contributed by atoms with E-state index in [1.165, 1.54) is 11.9 Å². The highest BCUT2D eigenvalue weighted by molar-refractivity contribution is 5.81. The van der Waals surface area contributed by atoms with Gasteiger partial charge in [0.15, 0.2) is 0 Å². The number of carbonyl (C=O) groups is 1. The highest BCUT2D eigenvalue weighted by Gasteiger charge is 2.46. The van der Waals surface area contributed by atoms with Crippen LogP contribution in [0.5, 0.6) is 0 Å². The molecule has 3 nitrogen and oxygen atoms in total. The van der Waals surface area contributed by atoms with Crippen molar-refractivity contribution in [3.05, 3.63) is 0 Å². The SMILES string of the molecule is CNC(=O)C(C)N1CC(F)(F)C1. The van der Waals surface area contributed by atoms with Crippen molar-refractivity contribution in [2.75, 3.05) is 20.1 Å². The molecule has 1 saturated heterocycles. The number of rotatable bonds is 2. The molecular formula is C7H12F2N2O. The summed E-state index contributed by atoms with van der Waals surface area (Å²) >= 11 is 0. The van der Waals surface area contributed by atoms with Crippen LogP contribution in [0.25, 0.3) is 0 Å². The topological polar surface area (TPSA) is 32.3 Å². The lowest BCUT2D eigenvalue weighted by atomic mass is 10.1. The zero-order valence-electron chi connectivity index (χ0n) is 7.10. The maximum absolute atomic E-state index is 12.3. The maximum atomic E-state index is 12.3. The minimum Gasteiger partial charge on any atom is -0.358 e. The van der Waals surface area contributed by atoms with Crippen LogP contribution in [-0.4, -0.2) is 42.9 Å². The van der Waals surface area contributed by atoms with Crippen molar-refractivity contribution < 1.29 is 13.6 Å². The molecule has 5 heteroatoms. The number of likely N-dealkylation sites (tertiary alicyclic amines) is 1. The van der Waals surface area contributed by atoms with Gasteiger partial charge >= 0.3 is 0 Å². The highest BCUT2D eigenvalue weighted by Crippen LogP contribution is 2.28. The van der Waals surface area contributed by atoms with Gasteiger partial charge in [0, 0.05) is 7.05 Å². The van der Waals surface area contributed by atoms with Gasteiger partial charge in [0.1, 0.15) is 0 Å². The smallest absolute Gasteiger partial charge is 0.272 e. The van der Waals surface area contributed by atoms with Crippen LogP contribution in [0.1, 0.15) is 6.92 Å². The molecule has 1 rings (SSSR count). The molecule has 0 aromatic heterocycles. The van der Waals surface area contributed by atoms with Gasteiger partial charge in [-0.3, -0.25) is 9.69 Å². The van der Waals surface area contributed by atoms with Gasteiger partial charge in [0.2, 0.25) is 5.91 Å². The van der Waals surface area contributed by atoms with Crippen molar-refractivity contribution >= 4 is 5.91 Å². The Hall–Kier alpha value is -0.710. The van der Waals surface area contributed by atoms with Crippen molar-refractivity contribution in [2.45, 2.75) is 18.9 Å². The molecule has 12 heavy (non-hydrogen) atoms. The summed E-state index contributed by atoms with van der Waals surface area (Å²) in [6, 6.07) is -0.449. The average molecular weight is 178 g/mol. The minimum absolute atomic E-state index is 0.217. The molecule has 0 aliphatic carbocycles. The number of nitrogens with one attached hydrogen (secondary N) is 1. The van der Waals surface area contributed by atoms with E-state index < -0.39 is 12.0 Å². The Morgan fingerprint density at radius 3 is 2.42 bits per heavy atom. The van der Waals surface area contributed by atoms with Crippen molar-refractivity contribution in [3.63, 3.8) is 0 Å². The van der Waals surface area contributed by atoms with E-state index >= 15 is 0 Å². The summed E-state index contributed by atoms with van der Waals surface area (Å²) in [5, 5.41) is 2.42. The van der Waals surface area contributed by atoms with E-state index in [4.69, 9.17) is 0 Å². The molecule has 1 atom stereocenters. The van der Waals surface area contributed by atoms with Crippen LogP contribution in [0.3, 0.4) is 0 Å². The molecule has 0 aromatic rings. The Morgan fingerprint density at radius 1 is 1.58 bits per heavy atom. The fourth-order valence-electron chi connectivity index (χ4n) is 1.20. The van der Waals surface area contributed by atoms with Gasteiger partial charge in [-0.15, -0.1) is 0 Å². The Kier molecular flexibility index (Phi) is 2.32. The molecule has 1 aliphatic heterocycles. The number of hydrogen-bond acceptors (Lipinski definition) is 2. The van der Waals surface area contributed by atoms with E-state index in [9.17, 15) is 13.6 Å². The molecule has 1 unspecified atom stereocenters. The summed E-state index contributed by atoms with van der Waals surface area (Å²) in [6.45, 7) is 1.01. The van der Waals surface area contributed by atoms with E-state index in [1.807, 2.05) is 0 Å². The van der Waals surface area contributed by atoms with E-state index in [0.29, 0.717) is 0 Å². The van der Waals surface area contributed by atoms with Gasteiger partial charge in [0.05, 0.1) is 19.1 Å². The van der Waals surface area contributed by atoms with Crippen LogP contribution in [0.2, 0.25) is 0 Å². The van der Waals surface area contributed by atoms with Gasteiger partial charge < -0.3 is 5.32 Å². The summed E-state index contributed by atoms with van der Waals surface area (Å²) in [7, 11) is 1.50. The number of nitrogens with zero attached hydrogens (tertiary/aromatic N) is 1. The molecule has 0 bridgehead atoms. The van der Waals surface area contributed by atoms with E-state index in [-0.39, 0.29) is 19.0 Å². The molecule has 0 saturated carbocycles. The molecule has 0 spiro atoms. The second-order valence-electron chi connectivity index (χ2n) is 3.05. The molecular weight excluding hydrogens is 166 g/mol. The highest BCUT2D eigenvalue weighted by atomic mass is 19.3. The van der Waals surface area contributed by atoms with Crippen LogP contribution in [0.4, 0.5) is 8.78 Å². The van der Waals surface area contributed by atoms with Crippen molar-refractivity contribution in [1.29, 1.82) is 0 Å². The van der Waals surface area contributed by atoms with Crippen LogP contribution in [-0.2, 0) is 4.79 Å². The lowest BCUT2D eigenvalue weighted by Crippen LogP contribution is -2.62. The number of carbonyl (C=O) groups excluding carboxylic acids is 1. The van der Waals surface area contributed by atoms with Gasteiger partial charge in [-0.2, -0.15) is 0 Å². The predicted octanol–water partition coefficient (Wildman–Crippen LogP) is 0.0718. The largest absolute Gasteiger partial charge is 0.358 e. The molecule has 0 aromatic carbocycles. The normalized spacial score (nSPS) is 24.3. The first-order valence-corrected chi connectivity index (χ1v) is 3.80. The van der Waals surface area contributed by atoms with Crippen molar-refractivity contribution in [3.8, 4) is 0 Å². The second-order valence-corrected chi connectivity index (χ2v) is 3.05. The van der Waals surface area contributed by atoms with Gasteiger partial charge in [0.25, 0.3) is 5.92 Å². The first-order chi connectivity index (χ1) is 5.46. The van der Waals surface area contributed by atoms with E-state index in [1.54, 1.807) is 6.92 Å². The van der Waals surface area contributed by atoms with Crippen LogP contribution < -0.4 is 5.32 Å². The maximum Gasteiger partial charge on any atom is 0.272 e. The van der Waals surface area contributed by atoms with Crippen molar-refractivity contribution in [1.82, 2.24) is 10.2 Å². The van der Waals surface area contributed by atoms with Crippen molar-refractivity contribution in [2.24, 2.45) is 0 Å². The molecule has 1 amide bonds. The summed E-state index contributed by atoms with van der Waals surface area (Å²) in [5.41, 5.74) is 0. The number of hydrogen-bond donors (Lipinski definition) is 1. The average Bonchev–Trinajstić information content (AvgIpc) is 1.97. The predicted molar refractivity (Wildman–Crippen MR) is 40.0 cm³/mol. The van der Waals surface area contributed by atoms with Gasteiger partial charge in [-0.1, -0.05) is 0 Å². The quantitative estimate of drug-likeness (QED) is 0.649. The molecule has 0 radical (unpaired) electrons. The minimum atomic E-state index is -2.59. The Labute approximate surface area is 69.7 Å². The third-order valence-electron chi connectivity index (χ3n) is 2.04. The third-order valence-corrected chi connectivity index (χ3v) is 2.04. The molecule has 1 heterocycles. The zero-order chi connectivity index (χ0) is 9.35. The number of halogens is 2. The molecule has 1 fully saturated rings. The zero-order valence-corrected chi connectivity index (χ0v) is 7.10. The number of likely N-dealkylation sites (N-methyl/N-ethyl adjacent to an activating group) is 1. The second kappa shape index (κ2) is 2.97. The third kappa shape index (κ3) is 1.72. The van der Waals surface area contributed by atoms with Gasteiger partial charge in [-0.05, 0) is 6.92 Å². The monoisotopic (exact) mass is 178 g/mol. The molecule has 70 valence electrons.